The molecule has 0 spiro atoms. The van der Waals surface area contributed by atoms with E-state index in [-0.39, 0.29) is 0 Å². The molecule has 0 amide bonds. The van der Waals surface area contributed by atoms with E-state index in [1.54, 1.807) is 0 Å². The van der Waals surface area contributed by atoms with Crippen molar-refractivity contribution in [1.29, 1.82) is 0 Å². The van der Waals surface area contributed by atoms with Crippen LogP contribution in [0.1, 0.15) is 6.42 Å². The third kappa shape index (κ3) is 1.80. The summed E-state index contributed by atoms with van der Waals surface area (Å²) in [5.41, 5.74) is 0.539. The summed E-state index contributed by atoms with van der Waals surface area (Å²) in [6.45, 7) is 0.890. The van der Waals surface area contributed by atoms with Gasteiger partial charge in [-0.25, -0.2) is 8.78 Å². The summed E-state index contributed by atoms with van der Waals surface area (Å²) in [4.78, 5) is 0. The number of benzene rings is 1. The second kappa shape index (κ2) is 3.59. The van der Waals surface area contributed by atoms with Gasteiger partial charge in [0.25, 0.3) is 0 Å². The Balaban J connectivity index is 2.29. The number of hydrogen-bond donors (Lipinski definition) is 0. The summed E-state index contributed by atoms with van der Waals surface area (Å²) >= 11 is 0. The Morgan fingerprint density at radius 2 is 2.15 bits per heavy atom. The van der Waals surface area contributed by atoms with E-state index in [1.165, 1.54) is 12.1 Å². The molecule has 1 fully saturated rings. The van der Waals surface area contributed by atoms with Gasteiger partial charge < -0.3 is 4.67 Å². The van der Waals surface area contributed by atoms with Crippen LogP contribution in [0.25, 0.3) is 0 Å². The molecule has 0 bridgehead atoms. The zero-order valence-electron chi connectivity index (χ0n) is 7.06. The number of rotatable bonds is 1. The molecule has 13 heavy (non-hydrogen) atoms. The van der Waals surface area contributed by atoms with E-state index in [4.69, 9.17) is 0 Å². The van der Waals surface area contributed by atoms with Crippen molar-refractivity contribution in [3.8, 4) is 0 Å². The summed E-state index contributed by atoms with van der Waals surface area (Å²) in [5, 5.41) is 0. The van der Waals surface area contributed by atoms with Crippen molar-refractivity contribution >= 4 is 14.4 Å². The molecule has 0 aromatic heterocycles. The predicted molar refractivity (Wildman–Crippen MR) is 51.5 cm³/mol. The van der Waals surface area contributed by atoms with Crippen LogP contribution in [0.4, 0.5) is 14.5 Å². The first-order valence-electron chi connectivity index (χ1n) is 4.23. The lowest BCUT2D eigenvalue weighted by Crippen LogP contribution is -2.09. The van der Waals surface area contributed by atoms with E-state index in [0.717, 1.165) is 25.2 Å². The number of nitrogens with zero attached hydrogens (tertiary/aromatic N) is 1. The molecule has 0 saturated carbocycles. The fourth-order valence-electron chi connectivity index (χ4n) is 1.44. The van der Waals surface area contributed by atoms with Crippen molar-refractivity contribution in [1.82, 2.24) is 0 Å². The molecule has 1 heterocycles. The van der Waals surface area contributed by atoms with Gasteiger partial charge in [-0.15, -0.1) is 0 Å². The summed E-state index contributed by atoms with van der Waals surface area (Å²) in [5.74, 6) is -0.960. The van der Waals surface area contributed by atoms with Gasteiger partial charge in [-0.05, 0) is 33.4 Å². The monoisotopic (exact) mass is 201 g/mol. The van der Waals surface area contributed by atoms with Crippen LogP contribution in [-0.2, 0) is 0 Å². The molecular formula is C9H10F2NP. The fraction of sp³-hybridized carbons (Fsp3) is 0.333. The van der Waals surface area contributed by atoms with Crippen molar-refractivity contribution in [2.24, 2.45) is 0 Å². The van der Waals surface area contributed by atoms with Gasteiger partial charge in [-0.1, -0.05) is 0 Å². The molecular weight excluding hydrogens is 191 g/mol. The zero-order chi connectivity index (χ0) is 9.26. The Hall–Kier alpha value is -0.690. The minimum absolute atomic E-state index is 0.450. The number of anilines is 1. The summed E-state index contributed by atoms with van der Waals surface area (Å²) in [7, 11) is 0.641. The molecule has 0 N–H and O–H groups in total. The van der Waals surface area contributed by atoms with Gasteiger partial charge in [0.15, 0.2) is 0 Å². The van der Waals surface area contributed by atoms with Gasteiger partial charge >= 0.3 is 0 Å². The van der Waals surface area contributed by atoms with Gasteiger partial charge in [0.2, 0.25) is 0 Å². The largest absolute Gasteiger partial charge is 0.351 e. The van der Waals surface area contributed by atoms with E-state index in [1.807, 2.05) is 4.67 Å². The Morgan fingerprint density at radius 3 is 2.77 bits per heavy atom. The lowest BCUT2D eigenvalue weighted by Gasteiger charge is -2.17. The van der Waals surface area contributed by atoms with E-state index >= 15 is 0 Å². The molecule has 4 heteroatoms. The molecule has 1 aromatic rings. The molecule has 0 radical (unpaired) electrons. The van der Waals surface area contributed by atoms with E-state index in [0.29, 0.717) is 14.4 Å². The lowest BCUT2D eigenvalue weighted by atomic mass is 10.3. The molecule has 1 atom stereocenters. The highest BCUT2D eigenvalue weighted by Crippen LogP contribution is 2.34. The van der Waals surface area contributed by atoms with Gasteiger partial charge in [0.1, 0.15) is 11.6 Å². The highest BCUT2D eigenvalue weighted by molar-refractivity contribution is 7.40. The van der Waals surface area contributed by atoms with Crippen molar-refractivity contribution in [3.63, 3.8) is 0 Å². The average molecular weight is 201 g/mol. The molecule has 1 saturated heterocycles. The SMILES string of the molecule is Fc1ccc(N2CCCP2)c(F)c1. The van der Waals surface area contributed by atoms with Crippen LogP contribution >= 0.6 is 8.73 Å². The van der Waals surface area contributed by atoms with E-state index < -0.39 is 11.6 Å². The quantitative estimate of drug-likeness (QED) is 0.631. The molecule has 0 aliphatic carbocycles. The lowest BCUT2D eigenvalue weighted by molar-refractivity contribution is 0.583. The smallest absolute Gasteiger partial charge is 0.149 e. The van der Waals surface area contributed by atoms with E-state index in [9.17, 15) is 8.78 Å². The highest BCUT2D eigenvalue weighted by atomic mass is 31.1. The molecule has 1 unspecified atom stereocenters. The van der Waals surface area contributed by atoms with Crippen LogP contribution in [0.2, 0.25) is 0 Å². The van der Waals surface area contributed by atoms with Gasteiger partial charge in [-0.2, -0.15) is 0 Å². The van der Waals surface area contributed by atoms with Crippen LogP contribution in [0.15, 0.2) is 18.2 Å². The first kappa shape index (κ1) is 8.89. The van der Waals surface area contributed by atoms with Gasteiger partial charge in [0.05, 0.1) is 5.69 Å². The Morgan fingerprint density at radius 1 is 1.31 bits per heavy atom. The summed E-state index contributed by atoms with van der Waals surface area (Å²) in [6.07, 6.45) is 2.23. The number of hydrogen-bond acceptors (Lipinski definition) is 1. The second-order valence-corrected chi connectivity index (χ2v) is 4.37. The van der Waals surface area contributed by atoms with Crippen LogP contribution in [0.3, 0.4) is 0 Å². The molecule has 1 aromatic carbocycles. The molecule has 2 rings (SSSR count). The minimum atomic E-state index is -0.510. The average Bonchev–Trinajstić information content (AvgIpc) is 2.56. The molecule has 1 aliphatic rings. The van der Waals surface area contributed by atoms with Crippen molar-refractivity contribution in [2.75, 3.05) is 17.4 Å². The third-order valence-electron chi connectivity index (χ3n) is 2.06. The normalized spacial score (nSPS) is 18.5. The molecule has 70 valence electrons. The minimum Gasteiger partial charge on any atom is -0.351 e. The first-order valence-corrected chi connectivity index (χ1v) is 5.39. The maximum absolute atomic E-state index is 13.2. The first-order chi connectivity index (χ1) is 6.27. The molecule has 1 nitrogen and oxygen atoms in total. The Bertz CT molecular complexity index is 310. The summed E-state index contributed by atoms with van der Waals surface area (Å²) in [6, 6.07) is 3.77. The fourth-order valence-corrected chi connectivity index (χ4v) is 2.69. The van der Waals surface area contributed by atoms with Gasteiger partial charge in [0, 0.05) is 12.6 Å². The van der Waals surface area contributed by atoms with Crippen LogP contribution in [-0.4, -0.2) is 12.7 Å². The number of halogens is 2. The third-order valence-corrected chi connectivity index (χ3v) is 3.49. The van der Waals surface area contributed by atoms with Gasteiger partial charge in [-0.3, -0.25) is 0 Å². The van der Waals surface area contributed by atoms with Crippen molar-refractivity contribution in [2.45, 2.75) is 6.42 Å². The maximum Gasteiger partial charge on any atom is 0.149 e. The maximum atomic E-state index is 13.2. The summed E-state index contributed by atoms with van der Waals surface area (Å²) < 4.78 is 27.8. The van der Waals surface area contributed by atoms with Crippen LogP contribution < -0.4 is 4.67 Å². The second-order valence-electron chi connectivity index (χ2n) is 3.01. The molecule has 1 aliphatic heterocycles. The Kier molecular flexibility index (Phi) is 2.45. The highest BCUT2D eigenvalue weighted by Gasteiger charge is 2.15. The van der Waals surface area contributed by atoms with Crippen LogP contribution in [0.5, 0.6) is 0 Å². The Labute approximate surface area is 77.6 Å². The topological polar surface area (TPSA) is 3.24 Å². The predicted octanol–water partition coefficient (Wildman–Crippen LogP) is 2.77. The zero-order valence-corrected chi connectivity index (χ0v) is 8.06. The van der Waals surface area contributed by atoms with E-state index in [2.05, 4.69) is 0 Å². The standard InChI is InChI=1S/C9H10F2NP/c10-7-2-3-9(8(11)6-7)12-4-1-5-13-12/h2-3,6,13H,1,4-5H2. The van der Waals surface area contributed by atoms with Crippen molar-refractivity contribution < 1.29 is 8.78 Å². The van der Waals surface area contributed by atoms with Crippen molar-refractivity contribution in [3.05, 3.63) is 29.8 Å². The van der Waals surface area contributed by atoms with Crippen LogP contribution in [0, 0.1) is 11.6 Å².